The highest BCUT2D eigenvalue weighted by molar-refractivity contribution is 5.79. The maximum absolute atomic E-state index is 13.1. The molecule has 5 heteroatoms. The van der Waals surface area contributed by atoms with Crippen LogP contribution in [0.15, 0.2) is 60.7 Å². The van der Waals surface area contributed by atoms with Gasteiger partial charge in [0.1, 0.15) is 12.3 Å². The van der Waals surface area contributed by atoms with Crippen LogP contribution in [0, 0.1) is 5.92 Å². The molecular weight excluding hydrogens is 398 g/mol. The van der Waals surface area contributed by atoms with Crippen LogP contribution in [0.5, 0.6) is 5.75 Å². The van der Waals surface area contributed by atoms with Gasteiger partial charge < -0.3 is 19.4 Å². The number of quaternary nitrogens is 2. The molecule has 5 nitrogen and oxygen atoms in total. The molecule has 0 atom stereocenters. The molecule has 0 spiro atoms. The summed E-state index contributed by atoms with van der Waals surface area (Å²) in [5, 5.41) is 0. The third-order valence-electron chi connectivity index (χ3n) is 6.93. The molecule has 0 unspecified atom stereocenters. The molecule has 2 saturated heterocycles. The SMILES string of the molecule is COc1cccc(C[NH+]2CCC(C(=O)N3CC[NH+](C/C=C/c4ccccc4)CC3)CC2)c1. The number of likely N-dealkylation sites (tertiary alicyclic amines) is 1. The number of piperidine rings is 1. The Kier molecular flexibility index (Phi) is 7.97. The molecule has 2 N–H and O–H groups in total. The number of benzene rings is 2. The summed E-state index contributed by atoms with van der Waals surface area (Å²) in [4.78, 5) is 18.4. The summed E-state index contributed by atoms with van der Waals surface area (Å²) in [5.74, 6) is 1.52. The topological polar surface area (TPSA) is 38.4 Å². The molecular formula is C27H37N3O2+2. The Morgan fingerprint density at radius 3 is 2.47 bits per heavy atom. The molecule has 0 aliphatic carbocycles. The van der Waals surface area contributed by atoms with Crippen LogP contribution in [-0.4, -0.2) is 63.7 Å². The van der Waals surface area contributed by atoms with E-state index in [0.717, 1.165) is 70.9 Å². The smallest absolute Gasteiger partial charge is 0.226 e. The number of carbonyl (C=O) groups is 1. The Hall–Kier alpha value is -2.63. The average Bonchev–Trinajstić information content (AvgIpc) is 2.85. The third-order valence-corrected chi connectivity index (χ3v) is 6.93. The van der Waals surface area contributed by atoms with Crippen LogP contribution in [0.25, 0.3) is 6.08 Å². The van der Waals surface area contributed by atoms with Crippen molar-refractivity contribution in [2.75, 3.05) is 52.9 Å². The second-order valence-electron chi connectivity index (χ2n) is 9.15. The van der Waals surface area contributed by atoms with Gasteiger partial charge in [-0.25, -0.2) is 0 Å². The molecule has 2 heterocycles. The summed E-state index contributed by atoms with van der Waals surface area (Å²) in [6.07, 6.45) is 6.48. The summed E-state index contributed by atoms with van der Waals surface area (Å²) in [7, 11) is 1.71. The standard InChI is InChI=1S/C27H35N3O2/c1-32-26-11-5-9-24(21-26)22-29-15-12-25(13-16-29)27(31)30-19-17-28(18-20-30)14-6-10-23-7-3-2-4-8-23/h2-11,21,25H,12-20,22H2,1H3/p+2/b10-6+. The molecule has 2 aromatic carbocycles. The van der Waals surface area contributed by atoms with Crippen molar-refractivity contribution in [3.05, 3.63) is 71.8 Å². The predicted molar refractivity (Wildman–Crippen MR) is 128 cm³/mol. The van der Waals surface area contributed by atoms with Gasteiger partial charge in [-0.1, -0.05) is 48.5 Å². The molecule has 0 radical (unpaired) electrons. The number of ether oxygens (including phenoxy) is 1. The molecule has 170 valence electrons. The van der Waals surface area contributed by atoms with Gasteiger partial charge in [-0.15, -0.1) is 0 Å². The minimum Gasteiger partial charge on any atom is -0.497 e. The number of rotatable bonds is 7. The first kappa shape index (κ1) is 22.6. The Morgan fingerprint density at radius 1 is 1.00 bits per heavy atom. The number of amides is 1. The number of carbonyl (C=O) groups excluding carboxylic acids is 1. The lowest BCUT2D eigenvalue weighted by Crippen LogP contribution is -3.14. The minimum atomic E-state index is 0.212. The summed E-state index contributed by atoms with van der Waals surface area (Å²) in [6, 6.07) is 18.8. The quantitative estimate of drug-likeness (QED) is 0.679. The molecule has 32 heavy (non-hydrogen) atoms. The molecule has 2 aromatic rings. The highest BCUT2D eigenvalue weighted by Gasteiger charge is 2.32. The fraction of sp³-hybridized carbons (Fsp3) is 0.444. The number of nitrogens with zero attached hydrogens (tertiary/aromatic N) is 1. The van der Waals surface area contributed by atoms with E-state index in [1.807, 2.05) is 12.1 Å². The molecule has 0 saturated carbocycles. The van der Waals surface area contributed by atoms with Crippen molar-refractivity contribution in [1.82, 2.24) is 4.90 Å². The van der Waals surface area contributed by atoms with Crippen LogP contribution in [0.4, 0.5) is 0 Å². The average molecular weight is 436 g/mol. The Labute approximate surface area is 192 Å². The highest BCUT2D eigenvalue weighted by Crippen LogP contribution is 2.15. The fourth-order valence-electron chi connectivity index (χ4n) is 4.95. The number of methoxy groups -OCH3 is 1. The number of piperazine rings is 1. The molecule has 2 aliphatic heterocycles. The van der Waals surface area contributed by atoms with E-state index in [9.17, 15) is 4.79 Å². The van der Waals surface area contributed by atoms with Crippen LogP contribution in [0.2, 0.25) is 0 Å². The van der Waals surface area contributed by atoms with Gasteiger partial charge in [-0.2, -0.15) is 0 Å². The van der Waals surface area contributed by atoms with Gasteiger partial charge in [-0.3, -0.25) is 4.79 Å². The van der Waals surface area contributed by atoms with Crippen LogP contribution in [-0.2, 0) is 11.3 Å². The summed E-state index contributed by atoms with van der Waals surface area (Å²) < 4.78 is 5.34. The van der Waals surface area contributed by atoms with E-state index in [-0.39, 0.29) is 5.92 Å². The number of hydrogen-bond donors (Lipinski definition) is 2. The van der Waals surface area contributed by atoms with Gasteiger partial charge in [-0.05, 0) is 23.8 Å². The molecule has 2 aliphatic rings. The number of nitrogens with one attached hydrogen (secondary N) is 2. The van der Waals surface area contributed by atoms with Gasteiger partial charge >= 0.3 is 0 Å². The monoisotopic (exact) mass is 435 g/mol. The van der Waals surface area contributed by atoms with Gasteiger partial charge in [0.25, 0.3) is 0 Å². The maximum atomic E-state index is 13.1. The van der Waals surface area contributed by atoms with Crippen molar-refractivity contribution in [2.45, 2.75) is 19.4 Å². The maximum Gasteiger partial charge on any atom is 0.226 e. The molecule has 0 aromatic heterocycles. The van der Waals surface area contributed by atoms with Crippen molar-refractivity contribution >= 4 is 12.0 Å². The lowest BCUT2D eigenvalue weighted by Gasteiger charge is -2.36. The van der Waals surface area contributed by atoms with E-state index in [2.05, 4.69) is 59.5 Å². The van der Waals surface area contributed by atoms with Crippen molar-refractivity contribution < 1.29 is 19.3 Å². The van der Waals surface area contributed by atoms with E-state index in [4.69, 9.17) is 4.74 Å². The lowest BCUT2D eigenvalue weighted by atomic mass is 9.94. The predicted octanol–water partition coefficient (Wildman–Crippen LogP) is 0.931. The van der Waals surface area contributed by atoms with E-state index < -0.39 is 0 Å². The van der Waals surface area contributed by atoms with Crippen LogP contribution in [0.1, 0.15) is 24.0 Å². The van der Waals surface area contributed by atoms with Crippen molar-refractivity contribution in [1.29, 1.82) is 0 Å². The van der Waals surface area contributed by atoms with Gasteiger partial charge in [0.2, 0.25) is 5.91 Å². The first-order valence-electron chi connectivity index (χ1n) is 12.0. The van der Waals surface area contributed by atoms with Crippen LogP contribution < -0.4 is 14.5 Å². The normalized spacial score (nSPS) is 22.2. The van der Waals surface area contributed by atoms with Crippen LogP contribution in [0.3, 0.4) is 0 Å². The van der Waals surface area contributed by atoms with Gasteiger partial charge in [0.05, 0.1) is 52.9 Å². The molecule has 4 rings (SSSR count). The first-order chi connectivity index (χ1) is 15.7. The number of hydrogen-bond acceptors (Lipinski definition) is 2. The van der Waals surface area contributed by atoms with Gasteiger partial charge in [0.15, 0.2) is 0 Å². The van der Waals surface area contributed by atoms with E-state index in [1.54, 1.807) is 16.9 Å². The molecule has 0 bridgehead atoms. The fourth-order valence-corrected chi connectivity index (χ4v) is 4.95. The summed E-state index contributed by atoms with van der Waals surface area (Å²) >= 11 is 0. The first-order valence-corrected chi connectivity index (χ1v) is 12.0. The zero-order valence-electron chi connectivity index (χ0n) is 19.3. The Bertz CT molecular complexity index is 883. The third kappa shape index (κ3) is 6.21. The molecule has 2 fully saturated rings. The molecule has 1 amide bonds. The van der Waals surface area contributed by atoms with Crippen molar-refractivity contribution in [3.8, 4) is 5.75 Å². The largest absolute Gasteiger partial charge is 0.497 e. The Morgan fingerprint density at radius 2 is 1.75 bits per heavy atom. The van der Waals surface area contributed by atoms with E-state index >= 15 is 0 Å². The van der Waals surface area contributed by atoms with E-state index in [1.165, 1.54) is 11.1 Å². The summed E-state index contributed by atoms with van der Waals surface area (Å²) in [5.41, 5.74) is 2.56. The van der Waals surface area contributed by atoms with Crippen LogP contribution >= 0.6 is 0 Å². The van der Waals surface area contributed by atoms with Crippen molar-refractivity contribution in [3.63, 3.8) is 0 Å². The highest BCUT2D eigenvalue weighted by atomic mass is 16.5. The minimum absolute atomic E-state index is 0.212. The zero-order valence-corrected chi connectivity index (χ0v) is 19.3. The lowest BCUT2D eigenvalue weighted by molar-refractivity contribution is -0.919. The van der Waals surface area contributed by atoms with E-state index in [0.29, 0.717) is 5.91 Å². The second kappa shape index (κ2) is 11.3. The Balaban J connectivity index is 1.17. The van der Waals surface area contributed by atoms with Crippen molar-refractivity contribution in [2.24, 2.45) is 5.92 Å². The zero-order chi connectivity index (χ0) is 22.2. The second-order valence-corrected chi connectivity index (χ2v) is 9.15. The summed E-state index contributed by atoms with van der Waals surface area (Å²) in [6.45, 7) is 8.07. The van der Waals surface area contributed by atoms with Gasteiger partial charge in [0, 0.05) is 24.3 Å².